The van der Waals surface area contributed by atoms with E-state index in [0.29, 0.717) is 31.2 Å². The Morgan fingerprint density at radius 3 is 2.76 bits per heavy atom. The van der Waals surface area contributed by atoms with E-state index >= 15 is 0 Å². The molecule has 0 aromatic carbocycles. The van der Waals surface area contributed by atoms with Crippen LogP contribution in [0.25, 0.3) is 0 Å². The molecule has 4 N–H and O–H groups in total. The third-order valence-electron chi connectivity index (χ3n) is 2.75. The lowest BCUT2D eigenvalue weighted by Crippen LogP contribution is -2.28. The van der Waals surface area contributed by atoms with Gasteiger partial charge in [0.2, 0.25) is 5.91 Å². The predicted octanol–water partition coefficient (Wildman–Crippen LogP) is 1.02. The average Bonchev–Trinajstić information content (AvgIpc) is 2.46. The molecular formula is C14H22N4O3. The smallest absolute Gasteiger partial charge is 0.340 e. The highest BCUT2D eigenvalue weighted by Crippen LogP contribution is 2.20. The molecule has 1 aromatic heterocycles. The Labute approximate surface area is 124 Å². The van der Waals surface area contributed by atoms with E-state index in [0.717, 1.165) is 0 Å². The van der Waals surface area contributed by atoms with E-state index in [9.17, 15) is 9.59 Å². The van der Waals surface area contributed by atoms with Crippen LogP contribution in [-0.2, 0) is 9.53 Å². The lowest BCUT2D eigenvalue weighted by molar-refractivity contribution is -0.120. The molecular weight excluding hydrogens is 272 g/mol. The van der Waals surface area contributed by atoms with Gasteiger partial charge in [-0.3, -0.25) is 4.79 Å². The molecule has 0 aliphatic rings. The number of nitrogen functional groups attached to an aromatic ring is 1. The normalized spacial score (nSPS) is 10.3. The Bertz CT molecular complexity index is 503. The zero-order valence-electron chi connectivity index (χ0n) is 12.6. The summed E-state index contributed by atoms with van der Waals surface area (Å²) in [7, 11) is 1.29. The molecule has 0 saturated heterocycles. The summed E-state index contributed by atoms with van der Waals surface area (Å²) in [5.41, 5.74) is 6.31. The van der Waals surface area contributed by atoms with Gasteiger partial charge in [-0.05, 0) is 12.0 Å². The largest absolute Gasteiger partial charge is 0.465 e. The van der Waals surface area contributed by atoms with Gasteiger partial charge in [0, 0.05) is 25.7 Å². The van der Waals surface area contributed by atoms with Gasteiger partial charge >= 0.3 is 5.97 Å². The number of esters is 1. The molecule has 0 unspecified atom stereocenters. The van der Waals surface area contributed by atoms with Gasteiger partial charge in [-0.15, -0.1) is 0 Å². The van der Waals surface area contributed by atoms with Crippen LogP contribution in [0.3, 0.4) is 0 Å². The number of ether oxygens (including phenoxy) is 1. The molecule has 0 fully saturated rings. The van der Waals surface area contributed by atoms with E-state index in [1.54, 1.807) is 0 Å². The first-order chi connectivity index (χ1) is 9.95. The molecule has 0 radical (unpaired) electrons. The molecule has 0 atom stereocenters. The van der Waals surface area contributed by atoms with Gasteiger partial charge in [-0.2, -0.15) is 0 Å². The Kier molecular flexibility index (Phi) is 6.45. The number of anilines is 2. The van der Waals surface area contributed by atoms with Gasteiger partial charge < -0.3 is 21.1 Å². The minimum atomic E-state index is -0.521. The number of hydrogen-bond acceptors (Lipinski definition) is 6. The molecule has 0 aliphatic carbocycles. The number of hydrogen-bond donors (Lipinski definition) is 3. The van der Waals surface area contributed by atoms with Gasteiger partial charge in [0.25, 0.3) is 0 Å². The molecule has 1 heterocycles. The Hall–Kier alpha value is -2.31. The third kappa shape index (κ3) is 5.29. The molecule has 0 saturated carbocycles. The van der Waals surface area contributed by atoms with Crippen LogP contribution in [0.5, 0.6) is 0 Å². The van der Waals surface area contributed by atoms with Crippen LogP contribution in [0.15, 0.2) is 12.3 Å². The Morgan fingerprint density at radius 2 is 2.14 bits per heavy atom. The van der Waals surface area contributed by atoms with Gasteiger partial charge in [-0.1, -0.05) is 13.8 Å². The predicted molar refractivity (Wildman–Crippen MR) is 80.9 cm³/mol. The lowest BCUT2D eigenvalue weighted by Gasteiger charge is -2.11. The summed E-state index contributed by atoms with van der Waals surface area (Å²) in [6.07, 6.45) is 1.76. The summed E-state index contributed by atoms with van der Waals surface area (Å²) in [6, 6.07) is 1.49. The number of carbonyl (C=O) groups is 2. The van der Waals surface area contributed by atoms with E-state index in [-0.39, 0.29) is 17.2 Å². The zero-order chi connectivity index (χ0) is 15.8. The third-order valence-corrected chi connectivity index (χ3v) is 2.75. The van der Waals surface area contributed by atoms with Crippen LogP contribution >= 0.6 is 0 Å². The second-order valence-corrected chi connectivity index (χ2v) is 4.99. The van der Waals surface area contributed by atoms with E-state index in [2.05, 4.69) is 20.4 Å². The van der Waals surface area contributed by atoms with Crippen molar-refractivity contribution in [1.29, 1.82) is 0 Å². The highest BCUT2D eigenvalue weighted by Gasteiger charge is 2.13. The van der Waals surface area contributed by atoms with E-state index in [1.807, 2.05) is 13.8 Å². The minimum absolute atomic E-state index is 0.0427. The van der Waals surface area contributed by atoms with Crippen LogP contribution in [0.2, 0.25) is 0 Å². The van der Waals surface area contributed by atoms with Crippen LogP contribution < -0.4 is 16.4 Å². The Morgan fingerprint density at radius 1 is 1.43 bits per heavy atom. The molecule has 0 spiro atoms. The van der Waals surface area contributed by atoms with E-state index in [1.165, 1.54) is 19.4 Å². The fourth-order valence-electron chi connectivity index (χ4n) is 1.60. The number of nitrogens with zero attached hydrogens (tertiary/aromatic N) is 1. The number of nitrogens with two attached hydrogens (primary N) is 1. The van der Waals surface area contributed by atoms with Crippen LogP contribution in [-0.4, -0.2) is 37.1 Å². The maximum absolute atomic E-state index is 11.6. The van der Waals surface area contributed by atoms with Gasteiger partial charge in [0.15, 0.2) is 0 Å². The van der Waals surface area contributed by atoms with Crippen molar-refractivity contribution in [1.82, 2.24) is 10.3 Å². The minimum Gasteiger partial charge on any atom is -0.465 e. The highest BCUT2D eigenvalue weighted by atomic mass is 16.5. The van der Waals surface area contributed by atoms with Gasteiger partial charge in [0.1, 0.15) is 5.82 Å². The molecule has 0 bridgehead atoms. The first kappa shape index (κ1) is 16.7. The fourth-order valence-corrected chi connectivity index (χ4v) is 1.60. The van der Waals surface area contributed by atoms with Gasteiger partial charge in [-0.25, -0.2) is 9.78 Å². The Balaban J connectivity index is 2.53. The van der Waals surface area contributed by atoms with Crippen molar-refractivity contribution >= 4 is 23.4 Å². The first-order valence-corrected chi connectivity index (χ1v) is 6.79. The van der Waals surface area contributed by atoms with Crippen LogP contribution in [0.4, 0.5) is 11.5 Å². The van der Waals surface area contributed by atoms with Crippen molar-refractivity contribution in [3.8, 4) is 0 Å². The zero-order valence-corrected chi connectivity index (χ0v) is 12.6. The molecule has 1 rings (SSSR count). The quantitative estimate of drug-likeness (QED) is 0.648. The lowest BCUT2D eigenvalue weighted by atomic mass is 10.2. The number of rotatable bonds is 7. The number of pyridine rings is 1. The highest BCUT2D eigenvalue weighted by molar-refractivity contribution is 5.97. The van der Waals surface area contributed by atoms with Crippen molar-refractivity contribution in [3.63, 3.8) is 0 Å². The SMILES string of the molecule is COC(=O)c1ccnc(NCCC(=O)NCC(C)C)c1N. The molecule has 1 aromatic rings. The molecule has 0 aliphatic heterocycles. The van der Waals surface area contributed by atoms with Gasteiger partial charge in [0.05, 0.1) is 18.4 Å². The van der Waals surface area contributed by atoms with Crippen LogP contribution in [0.1, 0.15) is 30.6 Å². The summed E-state index contributed by atoms with van der Waals surface area (Å²) in [4.78, 5) is 27.1. The molecule has 116 valence electrons. The summed E-state index contributed by atoms with van der Waals surface area (Å²) in [5.74, 6) is 0.219. The molecule has 21 heavy (non-hydrogen) atoms. The van der Waals surface area contributed by atoms with Crippen molar-refractivity contribution in [3.05, 3.63) is 17.8 Å². The summed E-state index contributed by atoms with van der Waals surface area (Å²) in [6.45, 7) is 5.09. The van der Waals surface area contributed by atoms with Crippen molar-refractivity contribution < 1.29 is 14.3 Å². The average molecular weight is 294 g/mol. The monoisotopic (exact) mass is 294 g/mol. The maximum atomic E-state index is 11.6. The number of amides is 1. The molecule has 7 nitrogen and oxygen atoms in total. The topological polar surface area (TPSA) is 106 Å². The van der Waals surface area contributed by atoms with E-state index < -0.39 is 5.97 Å². The first-order valence-electron chi connectivity index (χ1n) is 6.79. The molecule has 1 amide bonds. The maximum Gasteiger partial charge on any atom is 0.340 e. The van der Waals surface area contributed by atoms with Crippen molar-refractivity contribution in [2.75, 3.05) is 31.2 Å². The second kappa shape index (κ2) is 8.08. The summed E-state index contributed by atoms with van der Waals surface area (Å²) in [5, 5.41) is 5.76. The van der Waals surface area contributed by atoms with Crippen molar-refractivity contribution in [2.45, 2.75) is 20.3 Å². The number of methoxy groups -OCH3 is 1. The second-order valence-electron chi connectivity index (χ2n) is 4.99. The van der Waals surface area contributed by atoms with Crippen LogP contribution in [0, 0.1) is 5.92 Å². The fraction of sp³-hybridized carbons (Fsp3) is 0.500. The summed E-state index contributed by atoms with van der Waals surface area (Å²) < 4.78 is 4.63. The number of carbonyl (C=O) groups excluding carboxylic acids is 2. The number of nitrogens with one attached hydrogen (secondary N) is 2. The summed E-state index contributed by atoms with van der Waals surface area (Å²) >= 11 is 0. The van der Waals surface area contributed by atoms with E-state index in [4.69, 9.17) is 5.73 Å². The number of aromatic nitrogens is 1. The standard InChI is InChI=1S/C14H22N4O3/c1-9(2)8-18-11(19)5-7-17-13-12(15)10(4-6-16-13)14(20)21-3/h4,6,9H,5,7-8,15H2,1-3H3,(H,16,17)(H,18,19). The van der Waals surface area contributed by atoms with Crippen molar-refractivity contribution in [2.24, 2.45) is 5.92 Å². The molecule has 7 heteroatoms.